The molecule has 3 rings (SSSR count). The van der Waals surface area contributed by atoms with Gasteiger partial charge in [0.15, 0.2) is 0 Å². The SMILES string of the molecule is CCOc1ncccc1C(=O)N1CC[C@H](c2ncc(C)[nH]2)C1. The number of amides is 1. The van der Waals surface area contributed by atoms with Crippen molar-refractivity contribution in [3.8, 4) is 5.88 Å². The Morgan fingerprint density at radius 3 is 3.09 bits per heavy atom. The predicted octanol–water partition coefficient (Wildman–Crippen LogP) is 2.14. The van der Waals surface area contributed by atoms with E-state index in [2.05, 4.69) is 15.0 Å². The quantitative estimate of drug-likeness (QED) is 0.939. The zero-order chi connectivity index (χ0) is 15.5. The summed E-state index contributed by atoms with van der Waals surface area (Å²) in [6, 6.07) is 3.53. The van der Waals surface area contributed by atoms with Crippen molar-refractivity contribution in [2.45, 2.75) is 26.2 Å². The number of ether oxygens (including phenoxy) is 1. The van der Waals surface area contributed by atoms with Gasteiger partial charge >= 0.3 is 0 Å². The van der Waals surface area contributed by atoms with Crippen molar-refractivity contribution >= 4 is 5.91 Å². The van der Waals surface area contributed by atoms with Gasteiger partial charge in [-0.05, 0) is 32.4 Å². The van der Waals surface area contributed by atoms with Gasteiger partial charge in [0.25, 0.3) is 5.91 Å². The van der Waals surface area contributed by atoms with Crippen molar-refractivity contribution < 1.29 is 9.53 Å². The highest BCUT2D eigenvalue weighted by molar-refractivity contribution is 5.96. The standard InChI is InChI=1S/C16H20N4O2/c1-3-22-15-13(5-4-7-17-15)16(21)20-8-6-12(10-20)14-18-9-11(2)19-14/h4-5,7,9,12H,3,6,8,10H2,1-2H3,(H,18,19)/t12-/m0/s1. The number of aryl methyl sites for hydroxylation is 1. The van der Waals surface area contributed by atoms with Crippen LogP contribution in [-0.4, -0.2) is 45.5 Å². The molecule has 0 saturated carbocycles. The molecule has 1 saturated heterocycles. The van der Waals surface area contributed by atoms with Crippen LogP contribution in [0.3, 0.4) is 0 Å². The van der Waals surface area contributed by atoms with Crippen LogP contribution < -0.4 is 4.74 Å². The monoisotopic (exact) mass is 300 g/mol. The third kappa shape index (κ3) is 2.81. The number of nitrogens with zero attached hydrogens (tertiary/aromatic N) is 3. The maximum absolute atomic E-state index is 12.7. The van der Waals surface area contributed by atoms with Crippen LogP contribution in [0, 0.1) is 6.92 Å². The van der Waals surface area contributed by atoms with Gasteiger partial charge in [-0.1, -0.05) is 0 Å². The highest BCUT2D eigenvalue weighted by Crippen LogP contribution is 2.27. The fraction of sp³-hybridized carbons (Fsp3) is 0.438. The first-order chi connectivity index (χ1) is 10.7. The number of nitrogens with one attached hydrogen (secondary N) is 1. The minimum atomic E-state index is -0.0256. The summed E-state index contributed by atoms with van der Waals surface area (Å²) in [7, 11) is 0. The van der Waals surface area contributed by atoms with E-state index < -0.39 is 0 Å². The van der Waals surface area contributed by atoms with Crippen molar-refractivity contribution in [3.05, 3.63) is 41.6 Å². The number of aromatic amines is 1. The van der Waals surface area contributed by atoms with E-state index in [1.165, 1.54) is 0 Å². The summed E-state index contributed by atoms with van der Waals surface area (Å²) in [5.74, 6) is 1.61. The zero-order valence-corrected chi connectivity index (χ0v) is 12.9. The Hall–Kier alpha value is -2.37. The molecule has 1 amide bonds. The highest BCUT2D eigenvalue weighted by Gasteiger charge is 2.30. The van der Waals surface area contributed by atoms with E-state index in [1.807, 2.05) is 24.9 Å². The summed E-state index contributed by atoms with van der Waals surface area (Å²) in [6.45, 7) is 5.76. The van der Waals surface area contributed by atoms with E-state index in [4.69, 9.17) is 4.74 Å². The van der Waals surface area contributed by atoms with Gasteiger partial charge in [0.2, 0.25) is 5.88 Å². The first-order valence-electron chi connectivity index (χ1n) is 7.57. The highest BCUT2D eigenvalue weighted by atomic mass is 16.5. The molecule has 1 aliphatic heterocycles. The van der Waals surface area contributed by atoms with Gasteiger partial charge in [0.05, 0.1) is 6.61 Å². The maximum Gasteiger partial charge on any atom is 0.259 e. The second-order valence-electron chi connectivity index (χ2n) is 5.48. The van der Waals surface area contributed by atoms with E-state index in [0.29, 0.717) is 24.6 Å². The van der Waals surface area contributed by atoms with Crippen LogP contribution in [0.5, 0.6) is 5.88 Å². The average Bonchev–Trinajstić information content (AvgIpc) is 3.16. The normalized spacial score (nSPS) is 17.7. The average molecular weight is 300 g/mol. The molecule has 0 aliphatic carbocycles. The van der Waals surface area contributed by atoms with Crippen LogP contribution in [-0.2, 0) is 0 Å². The fourth-order valence-corrected chi connectivity index (χ4v) is 2.78. The van der Waals surface area contributed by atoms with E-state index in [1.54, 1.807) is 18.3 Å². The lowest BCUT2D eigenvalue weighted by Crippen LogP contribution is -2.29. The van der Waals surface area contributed by atoms with Crippen LogP contribution >= 0.6 is 0 Å². The first kappa shape index (κ1) is 14.6. The molecule has 2 aromatic rings. The van der Waals surface area contributed by atoms with Crippen LogP contribution in [0.2, 0.25) is 0 Å². The van der Waals surface area contributed by atoms with Gasteiger partial charge < -0.3 is 14.6 Å². The largest absolute Gasteiger partial charge is 0.477 e. The van der Waals surface area contributed by atoms with Crippen LogP contribution in [0.4, 0.5) is 0 Å². The number of hydrogen-bond donors (Lipinski definition) is 1. The number of carbonyl (C=O) groups is 1. The van der Waals surface area contributed by atoms with Gasteiger partial charge in [-0.3, -0.25) is 4.79 Å². The summed E-state index contributed by atoms with van der Waals surface area (Å²) in [6.07, 6.45) is 4.39. The molecule has 2 aromatic heterocycles. The van der Waals surface area contributed by atoms with E-state index in [-0.39, 0.29) is 11.8 Å². The van der Waals surface area contributed by atoms with Crippen molar-refractivity contribution in [2.24, 2.45) is 0 Å². The number of hydrogen-bond acceptors (Lipinski definition) is 4. The van der Waals surface area contributed by atoms with Crippen LogP contribution in [0.1, 0.15) is 41.1 Å². The Bertz CT molecular complexity index is 668. The Morgan fingerprint density at radius 1 is 1.50 bits per heavy atom. The smallest absolute Gasteiger partial charge is 0.259 e. The van der Waals surface area contributed by atoms with Crippen molar-refractivity contribution in [2.75, 3.05) is 19.7 Å². The fourth-order valence-electron chi connectivity index (χ4n) is 2.78. The molecule has 0 radical (unpaired) electrons. The van der Waals surface area contributed by atoms with Gasteiger partial charge in [0.1, 0.15) is 11.4 Å². The van der Waals surface area contributed by atoms with E-state index >= 15 is 0 Å². The topological polar surface area (TPSA) is 71.1 Å². The molecular formula is C16H20N4O2. The number of carbonyl (C=O) groups excluding carboxylic acids is 1. The molecule has 6 heteroatoms. The van der Waals surface area contributed by atoms with Gasteiger partial charge in [-0.2, -0.15) is 0 Å². The van der Waals surface area contributed by atoms with Crippen LogP contribution in [0.25, 0.3) is 0 Å². The van der Waals surface area contributed by atoms with Crippen molar-refractivity contribution in [1.29, 1.82) is 0 Å². The molecule has 0 bridgehead atoms. The van der Waals surface area contributed by atoms with Crippen LogP contribution in [0.15, 0.2) is 24.5 Å². The third-order valence-corrected chi connectivity index (χ3v) is 3.87. The lowest BCUT2D eigenvalue weighted by atomic mass is 10.1. The Kier molecular flexibility index (Phi) is 4.09. The lowest BCUT2D eigenvalue weighted by molar-refractivity contribution is 0.0785. The molecule has 1 atom stereocenters. The number of likely N-dealkylation sites (tertiary alicyclic amines) is 1. The summed E-state index contributed by atoms with van der Waals surface area (Å²) in [5.41, 5.74) is 1.58. The predicted molar refractivity (Wildman–Crippen MR) is 82.0 cm³/mol. The van der Waals surface area contributed by atoms with E-state index in [0.717, 1.165) is 24.5 Å². The molecule has 3 heterocycles. The second kappa shape index (κ2) is 6.17. The second-order valence-corrected chi connectivity index (χ2v) is 5.48. The van der Waals surface area contributed by atoms with E-state index in [9.17, 15) is 4.79 Å². The summed E-state index contributed by atoms with van der Waals surface area (Å²) in [5, 5.41) is 0. The number of H-pyrrole nitrogens is 1. The molecule has 1 N–H and O–H groups in total. The molecule has 0 unspecified atom stereocenters. The molecule has 6 nitrogen and oxygen atoms in total. The molecule has 1 fully saturated rings. The molecule has 116 valence electrons. The summed E-state index contributed by atoms with van der Waals surface area (Å²) >= 11 is 0. The maximum atomic E-state index is 12.7. The minimum Gasteiger partial charge on any atom is -0.477 e. The lowest BCUT2D eigenvalue weighted by Gasteiger charge is -2.17. The first-order valence-corrected chi connectivity index (χ1v) is 7.57. The number of aromatic nitrogens is 3. The number of pyridine rings is 1. The molecular weight excluding hydrogens is 280 g/mol. The summed E-state index contributed by atoms with van der Waals surface area (Å²) in [4.78, 5) is 26.3. The summed E-state index contributed by atoms with van der Waals surface area (Å²) < 4.78 is 5.46. The van der Waals surface area contributed by atoms with Crippen molar-refractivity contribution in [1.82, 2.24) is 19.9 Å². The number of rotatable bonds is 4. The Balaban J connectivity index is 1.74. The Morgan fingerprint density at radius 2 is 2.36 bits per heavy atom. The minimum absolute atomic E-state index is 0.0256. The number of imidazole rings is 1. The van der Waals surface area contributed by atoms with Gasteiger partial charge in [-0.25, -0.2) is 9.97 Å². The van der Waals surface area contributed by atoms with Gasteiger partial charge in [0, 0.05) is 37.1 Å². The third-order valence-electron chi connectivity index (χ3n) is 3.87. The molecule has 22 heavy (non-hydrogen) atoms. The molecule has 0 spiro atoms. The zero-order valence-electron chi connectivity index (χ0n) is 12.9. The Labute approximate surface area is 129 Å². The molecule has 0 aromatic carbocycles. The van der Waals surface area contributed by atoms with Crippen molar-refractivity contribution in [3.63, 3.8) is 0 Å². The van der Waals surface area contributed by atoms with Gasteiger partial charge in [-0.15, -0.1) is 0 Å². The molecule has 1 aliphatic rings.